The van der Waals surface area contributed by atoms with E-state index < -0.39 is 10.0 Å². The molecule has 1 aliphatic rings. The molecule has 0 radical (unpaired) electrons. The van der Waals surface area contributed by atoms with Gasteiger partial charge < -0.3 is 9.30 Å². The maximum Gasteiger partial charge on any atom is 0.319 e. The number of cyclic esters (lactones) is 1. The molecule has 1 aromatic carbocycles. The van der Waals surface area contributed by atoms with Crippen molar-refractivity contribution in [1.29, 1.82) is 0 Å². The summed E-state index contributed by atoms with van der Waals surface area (Å²) in [5.74, 6) is -0.232. The van der Waals surface area contributed by atoms with Crippen LogP contribution < -0.4 is 5.14 Å². The van der Waals surface area contributed by atoms with Crippen LogP contribution in [0.2, 0.25) is 0 Å². The average Bonchev–Trinajstić information content (AvgIpc) is 3.01. The zero-order valence-corrected chi connectivity index (χ0v) is 13.5. The van der Waals surface area contributed by atoms with E-state index in [-0.39, 0.29) is 16.1 Å². The maximum atomic E-state index is 11.6. The van der Waals surface area contributed by atoms with Crippen LogP contribution >= 0.6 is 11.8 Å². The number of nitrogens with zero attached hydrogens (tertiary/aromatic N) is 2. The van der Waals surface area contributed by atoms with E-state index in [2.05, 4.69) is 4.98 Å². The van der Waals surface area contributed by atoms with Gasteiger partial charge in [0.1, 0.15) is 5.25 Å². The van der Waals surface area contributed by atoms with Crippen LogP contribution in [0, 0.1) is 0 Å². The Morgan fingerprint density at radius 1 is 1.50 bits per heavy atom. The van der Waals surface area contributed by atoms with E-state index in [0.717, 1.165) is 5.52 Å². The number of fused-ring (bicyclic) bond motifs is 1. The molecule has 1 aromatic heterocycles. The largest absolute Gasteiger partial charge is 0.465 e. The van der Waals surface area contributed by atoms with Crippen molar-refractivity contribution >= 4 is 38.8 Å². The summed E-state index contributed by atoms with van der Waals surface area (Å²) in [6.45, 7) is 3.06. The summed E-state index contributed by atoms with van der Waals surface area (Å²) in [5.41, 5.74) is 1.35. The Bertz CT molecular complexity index is 844. The van der Waals surface area contributed by atoms with Crippen molar-refractivity contribution in [3.63, 3.8) is 0 Å². The van der Waals surface area contributed by atoms with Crippen molar-refractivity contribution in [3.8, 4) is 0 Å². The van der Waals surface area contributed by atoms with Gasteiger partial charge in [0.05, 0.1) is 22.5 Å². The molecule has 2 N–H and O–H groups in total. The third-order valence-corrected chi connectivity index (χ3v) is 5.61. The highest BCUT2D eigenvalue weighted by molar-refractivity contribution is 8.00. The summed E-state index contributed by atoms with van der Waals surface area (Å²) in [6.07, 6.45) is 0.652. The smallest absolute Gasteiger partial charge is 0.319 e. The van der Waals surface area contributed by atoms with Gasteiger partial charge in [-0.15, -0.1) is 0 Å². The molecule has 9 heteroatoms. The van der Waals surface area contributed by atoms with Crippen LogP contribution in [-0.4, -0.2) is 35.8 Å². The number of primary sulfonamides is 1. The molecule has 2 heterocycles. The zero-order valence-electron chi connectivity index (χ0n) is 11.9. The van der Waals surface area contributed by atoms with E-state index in [1.165, 1.54) is 23.9 Å². The molecule has 0 spiro atoms. The van der Waals surface area contributed by atoms with Crippen molar-refractivity contribution in [2.75, 3.05) is 6.61 Å². The van der Waals surface area contributed by atoms with Gasteiger partial charge in [0.25, 0.3) is 0 Å². The number of aromatic nitrogens is 2. The van der Waals surface area contributed by atoms with Gasteiger partial charge in [0.2, 0.25) is 10.0 Å². The first kappa shape index (κ1) is 15.3. The normalized spacial score (nSPS) is 18.8. The number of hydrogen-bond donors (Lipinski definition) is 1. The van der Waals surface area contributed by atoms with E-state index in [1.807, 2.05) is 11.5 Å². The Balaban J connectivity index is 2.04. The molecule has 1 atom stereocenters. The molecule has 0 aliphatic carbocycles. The minimum atomic E-state index is -3.77. The number of nitrogens with two attached hydrogens (primary N) is 1. The summed E-state index contributed by atoms with van der Waals surface area (Å²) >= 11 is 1.35. The zero-order chi connectivity index (χ0) is 15.9. The minimum Gasteiger partial charge on any atom is -0.465 e. The number of carbonyl (C=O) groups excluding carboxylic acids is 1. The quantitative estimate of drug-likeness (QED) is 0.835. The van der Waals surface area contributed by atoms with Gasteiger partial charge in [-0.25, -0.2) is 18.5 Å². The Hall–Kier alpha value is -1.58. The van der Waals surface area contributed by atoms with Gasteiger partial charge in [0, 0.05) is 13.0 Å². The van der Waals surface area contributed by atoms with Gasteiger partial charge in [-0.1, -0.05) is 11.8 Å². The summed E-state index contributed by atoms with van der Waals surface area (Å²) in [6, 6.07) is 4.60. The van der Waals surface area contributed by atoms with Crippen molar-refractivity contribution in [3.05, 3.63) is 18.2 Å². The summed E-state index contributed by atoms with van der Waals surface area (Å²) in [5, 5.41) is 5.56. The summed E-state index contributed by atoms with van der Waals surface area (Å²) in [4.78, 5) is 16.1. The maximum absolute atomic E-state index is 11.6. The van der Waals surface area contributed by atoms with Crippen LogP contribution in [0.25, 0.3) is 11.0 Å². The number of aryl methyl sites for hydroxylation is 1. The predicted octanol–water partition coefficient (Wildman–Crippen LogP) is 1.11. The van der Waals surface area contributed by atoms with E-state index in [4.69, 9.17) is 9.88 Å². The van der Waals surface area contributed by atoms with E-state index in [9.17, 15) is 13.2 Å². The standard InChI is InChI=1S/C13H15N3O4S2/c1-2-16-10-4-3-8(22(14,18)19)7-9(10)15-13(16)21-11-5-6-20-12(11)17/h3-4,7,11H,2,5-6H2,1H3,(H2,14,18,19)/t11-/m1/s1. The molecule has 0 saturated carbocycles. The highest BCUT2D eigenvalue weighted by Gasteiger charge is 2.29. The molecule has 1 saturated heterocycles. The molecule has 7 nitrogen and oxygen atoms in total. The average molecular weight is 341 g/mol. The fourth-order valence-corrected chi connectivity index (χ4v) is 4.04. The van der Waals surface area contributed by atoms with E-state index in [0.29, 0.717) is 30.2 Å². The predicted molar refractivity (Wildman–Crippen MR) is 82.0 cm³/mol. The molecule has 22 heavy (non-hydrogen) atoms. The van der Waals surface area contributed by atoms with E-state index in [1.54, 1.807) is 6.07 Å². The number of benzene rings is 1. The Kier molecular flexibility index (Phi) is 3.87. The number of rotatable bonds is 4. The van der Waals surface area contributed by atoms with Crippen LogP contribution in [0.5, 0.6) is 0 Å². The summed E-state index contributed by atoms with van der Waals surface area (Å²) < 4.78 is 29.8. The lowest BCUT2D eigenvalue weighted by Crippen LogP contribution is -2.11. The fourth-order valence-electron chi connectivity index (χ4n) is 2.37. The van der Waals surface area contributed by atoms with Gasteiger partial charge in [-0.05, 0) is 25.1 Å². The lowest BCUT2D eigenvalue weighted by molar-refractivity contribution is -0.137. The molecule has 0 bridgehead atoms. The molecule has 1 fully saturated rings. The number of sulfonamides is 1. The van der Waals surface area contributed by atoms with Crippen molar-refractivity contribution in [2.45, 2.75) is 35.2 Å². The second-order valence-corrected chi connectivity index (χ2v) is 7.63. The number of hydrogen-bond acceptors (Lipinski definition) is 6. The van der Waals surface area contributed by atoms with Gasteiger partial charge in [-0.3, -0.25) is 4.79 Å². The molecule has 1 aliphatic heterocycles. The number of ether oxygens (including phenoxy) is 1. The molecular formula is C13H15N3O4S2. The van der Waals surface area contributed by atoms with Gasteiger partial charge in [-0.2, -0.15) is 0 Å². The Morgan fingerprint density at radius 3 is 2.86 bits per heavy atom. The van der Waals surface area contributed by atoms with Crippen molar-refractivity contribution < 1.29 is 17.9 Å². The number of esters is 1. The Labute approximate surface area is 131 Å². The van der Waals surface area contributed by atoms with Crippen LogP contribution in [0.4, 0.5) is 0 Å². The molecule has 2 aromatic rings. The number of carbonyl (C=O) groups is 1. The van der Waals surface area contributed by atoms with Crippen LogP contribution in [0.1, 0.15) is 13.3 Å². The van der Waals surface area contributed by atoms with Crippen LogP contribution in [0.15, 0.2) is 28.3 Å². The monoisotopic (exact) mass is 341 g/mol. The highest BCUT2D eigenvalue weighted by Crippen LogP contribution is 2.32. The second-order valence-electron chi connectivity index (χ2n) is 4.90. The van der Waals surface area contributed by atoms with Crippen LogP contribution in [0.3, 0.4) is 0 Å². The molecule has 3 rings (SSSR count). The molecule has 118 valence electrons. The first-order chi connectivity index (χ1) is 10.4. The highest BCUT2D eigenvalue weighted by atomic mass is 32.2. The van der Waals surface area contributed by atoms with Crippen LogP contribution in [-0.2, 0) is 26.1 Å². The second kappa shape index (κ2) is 5.56. The summed E-state index contributed by atoms with van der Waals surface area (Å²) in [7, 11) is -3.77. The van der Waals surface area contributed by atoms with Crippen molar-refractivity contribution in [1.82, 2.24) is 9.55 Å². The lowest BCUT2D eigenvalue weighted by Gasteiger charge is -2.07. The molecule has 0 amide bonds. The third kappa shape index (κ3) is 2.71. The fraction of sp³-hybridized carbons (Fsp3) is 0.385. The molecule has 0 unspecified atom stereocenters. The number of imidazole rings is 1. The number of thioether (sulfide) groups is 1. The third-order valence-electron chi connectivity index (χ3n) is 3.46. The van der Waals surface area contributed by atoms with Crippen molar-refractivity contribution in [2.24, 2.45) is 5.14 Å². The first-order valence-corrected chi connectivity index (χ1v) is 9.19. The lowest BCUT2D eigenvalue weighted by atomic mass is 10.3. The first-order valence-electron chi connectivity index (χ1n) is 6.76. The van der Waals surface area contributed by atoms with Gasteiger partial charge in [0.15, 0.2) is 5.16 Å². The SMILES string of the molecule is CCn1c(S[C@@H]2CCOC2=O)nc2cc(S(N)(=O)=O)ccc21. The topological polar surface area (TPSA) is 104 Å². The van der Waals surface area contributed by atoms with E-state index >= 15 is 0 Å². The Morgan fingerprint density at radius 2 is 2.27 bits per heavy atom. The molecular weight excluding hydrogens is 326 g/mol. The minimum absolute atomic E-state index is 0.0255. The van der Waals surface area contributed by atoms with Gasteiger partial charge >= 0.3 is 5.97 Å².